The highest BCUT2D eigenvalue weighted by molar-refractivity contribution is 6.20. The molecule has 4 heterocycles. The van der Waals surface area contributed by atoms with Crippen LogP contribution in [0.15, 0.2) is 58.6 Å². The number of hydrogen-bond donors (Lipinski definition) is 3. The monoisotopic (exact) mass is 559 g/mol. The van der Waals surface area contributed by atoms with Gasteiger partial charge in [-0.25, -0.2) is 20.2 Å². The Hall–Kier alpha value is -4.30. The zero-order valence-corrected chi connectivity index (χ0v) is 21.0. The molecule has 0 spiro atoms. The number of aromatic nitrogens is 1. The molecule has 2 amide bonds. The highest BCUT2D eigenvalue weighted by Gasteiger charge is 2.58. The van der Waals surface area contributed by atoms with E-state index in [0.29, 0.717) is 22.4 Å². The van der Waals surface area contributed by atoms with E-state index in [1.165, 1.54) is 7.11 Å². The maximum Gasteiger partial charge on any atom is 0.407 e. The van der Waals surface area contributed by atoms with Crippen molar-refractivity contribution in [1.82, 2.24) is 26.1 Å². The summed E-state index contributed by atoms with van der Waals surface area (Å²) in [7, 11) is 1.46. The van der Waals surface area contributed by atoms with Crippen LogP contribution in [0.4, 0.5) is 18.0 Å². The molecule has 4 unspecified atom stereocenters. The van der Waals surface area contributed by atoms with Gasteiger partial charge in [-0.15, -0.1) is 0 Å². The molecule has 6 rings (SSSR count). The molecular formula is C26H24F3N5O6. The van der Waals surface area contributed by atoms with Crippen molar-refractivity contribution >= 4 is 28.7 Å². The van der Waals surface area contributed by atoms with Gasteiger partial charge in [-0.3, -0.25) is 4.79 Å². The minimum atomic E-state index is -4.67. The number of oxazole rings is 1. The number of carbonyl (C=O) groups is 2. The van der Waals surface area contributed by atoms with Crippen molar-refractivity contribution in [3.63, 3.8) is 0 Å². The first-order valence-electron chi connectivity index (χ1n) is 12.4. The van der Waals surface area contributed by atoms with E-state index in [-0.39, 0.29) is 36.9 Å². The Labute approximate surface area is 225 Å². The molecule has 3 aliphatic heterocycles. The predicted molar refractivity (Wildman–Crippen MR) is 133 cm³/mol. The highest BCUT2D eigenvalue weighted by atomic mass is 19.4. The topological polar surface area (TPSA) is 127 Å². The molecule has 0 bridgehead atoms. The largest absolute Gasteiger partial charge is 0.494 e. The number of hydrazine groups is 1. The van der Waals surface area contributed by atoms with Gasteiger partial charge in [-0.1, -0.05) is 36.4 Å². The number of hydrogen-bond acceptors (Lipinski definition) is 9. The Kier molecular flexibility index (Phi) is 6.50. The summed E-state index contributed by atoms with van der Waals surface area (Å²) in [5.74, 6) is -1.66. The van der Waals surface area contributed by atoms with Crippen LogP contribution in [0, 0.1) is 0 Å². The minimum absolute atomic E-state index is 0.00725. The van der Waals surface area contributed by atoms with Crippen LogP contribution in [0.5, 0.6) is 5.75 Å². The van der Waals surface area contributed by atoms with Gasteiger partial charge < -0.3 is 29.3 Å². The summed E-state index contributed by atoms with van der Waals surface area (Å²) in [6, 6.07) is 11.1. The minimum Gasteiger partial charge on any atom is -0.494 e. The van der Waals surface area contributed by atoms with E-state index in [1.807, 2.05) is 0 Å². The van der Waals surface area contributed by atoms with E-state index >= 15 is 0 Å². The molecule has 3 N–H and O–H groups in total. The summed E-state index contributed by atoms with van der Waals surface area (Å²) in [5, 5.41) is 6.55. The predicted octanol–water partition coefficient (Wildman–Crippen LogP) is 2.66. The lowest BCUT2D eigenvalue weighted by atomic mass is 9.89. The molecule has 210 valence electrons. The number of alkyl carbamates (subject to hydrolysis) is 1. The standard InChI is InChI=1S/C26H24F3N5O6/c1-37-16-8-5-9-17-20(16)32-23(40-17)19-15(12-38-11-14-10-30-25(36)39-14)31-22-18(13-6-3-2-4-7-13)21(26(27,28)29)33-34(22)24(19)35/h2-9,14,18,21-22,31,33H,10-12H2,1H3,(H,30,36). The second-order valence-electron chi connectivity index (χ2n) is 9.45. The molecule has 14 heteroatoms. The molecule has 11 nitrogen and oxygen atoms in total. The summed E-state index contributed by atoms with van der Waals surface area (Å²) < 4.78 is 64.8. The van der Waals surface area contributed by atoms with E-state index < -0.39 is 42.4 Å². The molecule has 0 radical (unpaired) electrons. The van der Waals surface area contributed by atoms with Gasteiger partial charge in [-0.2, -0.15) is 13.2 Å². The molecule has 2 aromatic carbocycles. The Morgan fingerprint density at radius 1 is 1.12 bits per heavy atom. The van der Waals surface area contributed by atoms with Gasteiger partial charge in [0.25, 0.3) is 5.91 Å². The number of halogens is 3. The number of ether oxygens (including phenoxy) is 3. The third-order valence-corrected chi connectivity index (χ3v) is 6.96. The first kappa shape index (κ1) is 26.0. The highest BCUT2D eigenvalue weighted by Crippen LogP contribution is 2.43. The van der Waals surface area contributed by atoms with Gasteiger partial charge >= 0.3 is 12.3 Å². The average Bonchev–Trinajstić information content (AvgIpc) is 3.65. The van der Waals surface area contributed by atoms with Crippen LogP contribution >= 0.6 is 0 Å². The number of amides is 2. The zero-order valence-electron chi connectivity index (χ0n) is 21.0. The molecule has 1 aromatic heterocycles. The Bertz CT molecular complexity index is 1480. The number of carbonyl (C=O) groups excluding carboxylic acids is 2. The fourth-order valence-electron chi connectivity index (χ4n) is 5.17. The molecular weight excluding hydrogens is 535 g/mol. The maximum atomic E-state index is 14.3. The Morgan fingerprint density at radius 2 is 1.93 bits per heavy atom. The first-order valence-corrected chi connectivity index (χ1v) is 12.4. The van der Waals surface area contributed by atoms with Crippen molar-refractivity contribution in [3.05, 3.63) is 65.7 Å². The lowest BCUT2D eigenvalue weighted by Crippen LogP contribution is -2.55. The van der Waals surface area contributed by atoms with Crippen molar-refractivity contribution in [1.29, 1.82) is 0 Å². The number of cyclic esters (lactones) is 1. The van der Waals surface area contributed by atoms with Crippen LogP contribution in [0.2, 0.25) is 0 Å². The van der Waals surface area contributed by atoms with E-state index in [0.717, 1.165) is 5.01 Å². The smallest absolute Gasteiger partial charge is 0.407 e. The number of methoxy groups -OCH3 is 1. The lowest BCUT2D eigenvalue weighted by molar-refractivity contribution is -0.161. The van der Waals surface area contributed by atoms with Gasteiger partial charge in [0.05, 0.1) is 38.5 Å². The molecule has 0 aliphatic carbocycles. The fourth-order valence-corrected chi connectivity index (χ4v) is 5.17. The number of rotatable bonds is 7. The van der Waals surface area contributed by atoms with Crippen LogP contribution in [-0.4, -0.2) is 73.3 Å². The number of alkyl halides is 3. The molecule has 3 aliphatic rings. The average molecular weight is 560 g/mol. The van der Waals surface area contributed by atoms with Crippen molar-refractivity contribution in [3.8, 4) is 5.75 Å². The Balaban J connectivity index is 1.40. The van der Waals surface area contributed by atoms with Gasteiger partial charge in [0.15, 0.2) is 11.1 Å². The SMILES string of the molecule is COc1cccc2oc(C3=C(COCC4CNC(=O)O4)NC4C(c5ccccc5)C(C(F)(F)F)NN4C3=O)nc12. The van der Waals surface area contributed by atoms with Crippen LogP contribution in [-0.2, 0) is 14.3 Å². The summed E-state index contributed by atoms with van der Waals surface area (Å²) in [5.41, 5.74) is 3.52. The summed E-state index contributed by atoms with van der Waals surface area (Å²) in [6.07, 6.45) is -6.90. The molecule has 3 aromatic rings. The van der Waals surface area contributed by atoms with Gasteiger partial charge in [0.1, 0.15) is 29.6 Å². The maximum absolute atomic E-state index is 14.3. The van der Waals surface area contributed by atoms with E-state index in [4.69, 9.17) is 18.6 Å². The molecule has 40 heavy (non-hydrogen) atoms. The number of fused-ring (bicyclic) bond motifs is 2. The van der Waals surface area contributed by atoms with Crippen LogP contribution in [0.3, 0.4) is 0 Å². The zero-order chi connectivity index (χ0) is 28.0. The Morgan fingerprint density at radius 3 is 2.62 bits per heavy atom. The van der Waals surface area contributed by atoms with Crippen LogP contribution in [0.25, 0.3) is 16.7 Å². The molecule has 4 atom stereocenters. The van der Waals surface area contributed by atoms with Crippen molar-refractivity contribution in [2.24, 2.45) is 0 Å². The third kappa shape index (κ3) is 4.58. The summed E-state index contributed by atoms with van der Waals surface area (Å²) in [6.45, 7) is 0.0197. The number of nitrogens with one attached hydrogen (secondary N) is 3. The second kappa shape index (κ2) is 10.0. The van der Waals surface area contributed by atoms with Crippen molar-refractivity contribution < 1.29 is 41.4 Å². The van der Waals surface area contributed by atoms with Crippen molar-refractivity contribution in [2.75, 3.05) is 26.9 Å². The molecule has 0 saturated carbocycles. The van der Waals surface area contributed by atoms with E-state index in [2.05, 4.69) is 21.0 Å². The normalized spacial score (nSPS) is 24.6. The lowest BCUT2D eigenvalue weighted by Gasteiger charge is -2.35. The molecule has 2 saturated heterocycles. The van der Waals surface area contributed by atoms with Crippen LogP contribution < -0.4 is 20.8 Å². The van der Waals surface area contributed by atoms with Crippen molar-refractivity contribution in [2.45, 2.75) is 30.4 Å². The van der Waals surface area contributed by atoms with Crippen LogP contribution in [0.1, 0.15) is 17.4 Å². The summed E-state index contributed by atoms with van der Waals surface area (Å²) in [4.78, 5) is 29.7. The van der Waals surface area contributed by atoms with Gasteiger partial charge in [0.2, 0.25) is 5.89 Å². The van der Waals surface area contributed by atoms with Gasteiger partial charge in [-0.05, 0) is 17.7 Å². The quantitative estimate of drug-likeness (QED) is 0.401. The third-order valence-electron chi connectivity index (χ3n) is 6.96. The molecule has 2 fully saturated rings. The number of nitrogens with zero attached hydrogens (tertiary/aromatic N) is 2. The van der Waals surface area contributed by atoms with Gasteiger partial charge in [0, 0.05) is 0 Å². The van der Waals surface area contributed by atoms with E-state index in [1.54, 1.807) is 48.5 Å². The fraction of sp³-hybridized carbons (Fsp3) is 0.346. The first-order chi connectivity index (χ1) is 19.2. The number of benzene rings is 2. The second-order valence-corrected chi connectivity index (χ2v) is 9.45. The van der Waals surface area contributed by atoms with E-state index in [9.17, 15) is 22.8 Å². The number of para-hydroxylation sites is 1. The summed E-state index contributed by atoms with van der Waals surface area (Å²) >= 11 is 0.